The van der Waals surface area contributed by atoms with Crippen molar-refractivity contribution in [3.05, 3.63) is 66.1 Å². The van der Waals surface area contributed by atoms with Crippen molar-refractivity contribution in [3.8, 4) is 5.82 Å². The van der Waals surface area contributed by atoms with E-state index in [2.05, 4.69) is 40.8 Å². The molecule has 0 aliphatic carbocycles. The number of aromatic nitrogens is 8. The summed E-state index contributed by atoms with van der Waals surface area (Å²) in [6.07, 6.45) is 7.28. The van der Waals surface area contributed by atoms with Crippen molar-refractivity contribution in [2.75, 3.05) is 23.3 Å². The fraction of sp³-hybridized carbons (Fsp3) is 0.308. The van der Waals surface area contributed by atoms with Gasteiger partial charge in [0.15, 0.2) is 17.5 Å². The maximum atomic E-state index is 13.2. The smallest absolute Gasteiger partial charge is 0.229 e. The van der Waals surface area contributed by atoms with Gasteiger partial charge in [0, 0.05) is 43.2 Å². The zero-order chi connectivity index (χ0) is 26.9. The first kappa shape index (κ1) is 24.5. The number of amides is 1. The van der Waals surface area contributed by atoms with E-state index in [1.165, 1.54) is 10.9 Å². The van der Waals surface area contributed by atoms with Crippen LogP contribution in [0.3, 0.4) is 0 Å². The Morgan fingerprint density at radius 2 is 2.03 bits per heavy atom. The Morgan fingerprint density at radius 1 is 1.18 bits per heavy atom. The van der Waals surface area contributed by atoms with Gasteiger partial charge in [-0.2, -0.15) is 20.2 Å². The molecule has 0 aromatic carbocycles. The van der Waals surface area contributed by atoms with Crippen LogP contribution in [0.25, 0.3) is 16.9 Å². The number of fused-ring (bicyclic) bond motifs is 1. The Balaban J connectivity index is 1.08. The molecule has 5 aromatic heterocycles. The largest absolute Gasteiger partial charge is 0.349 e. The Hall–Kier alpha value is -4.81. The standard InChI is InChI=1S/C26H28FN11O/c1-15-11-21(36-35-15)32-24-20-5-8-28-23(20)33-26(34-24)37-9-6-17(7-10-37)25(39)31-16(2)18-3-4-22(29-12-18)38-14-19(27)13-30-38/h3-5,8,11-14,16-17H,6-7,9-10H2,1-2H3,(H,31,39)(H3,28,32,33,34,35,36)/t16-/m0/s1. The highest BCUT2D eigenvalue weighted by Crippen LogP contribution is 2.28. The highest BCUT2D eigenvalue weighted by molar-refractivity contribution is 5.89. The van der Waals surface area contributed by atoms with Crippen LogP contribution in [0.2, 0.25) is 0 Å². The van der Waals surface area contributed by atoms with Crippen molar-refractivity contribution >= 4 is 34.5 Å². The van der Waals surface area contributed by atoms with E-state index in [-0.39, 0.29) is 17.9 Å². The summed E-state index contributed by atoms with van der Waals surface area (Å²) in [5.74, 6) is 1.95. The number of nitrogens with zero attached hydrogens (tertiary/aromatic N) is 7. The van der Waals surface area contributed by atoms with Crippen LogP contribution in [-0.4, -0.2) is 58.9 Å². The SMILES string of the molecule is Cc1cc(Nc2nc(N3CCC(C(=O)N[C@@H](C)c4ccc(-n5cc(F)cn5)nc4)CC3)nc3[nH]ccc23)n[nH]1. The molecule has 200 valence electrons. The van der Waals surface area contributed by atoms with Gasteiger partial charge in [-0.1, -0.05) is 6.07 Å². The van der Waals surface area contributed by atoms with Gasteiger partial charge in [0.1, 0.15) is 11.5 Å². The number of aryl methyl sites for hydroxylation is 1. The minimum Gasteiger partial charge on any atom is -0.349 e. The van der Waals surface area contributed by atoms with Crippen molar-refractivity contribution in [1.82, 2.24) is 45.2 Å². The monoisotopic (exact) mass is 529 g/mol. The molecule has 12 nitrogen and oxygen atoms in total. The zero-order valence-electron chi connectivity index (χ0n) is 21.5. The normalized spacial score (nSPS) is 15.0. The van der Waals surface area contributed by atoms with Crippen molar-refractivity contribution in [2.45, 2.75) is 32.7 Å². The van der Waals surface area contributed by atoms with E-state index in [1.807, 2.05) is 38.2 Å². The van der Waals surface area contributed by atoms with Crippen molar-refractivity contribution < 1.29 is 9.18 Å². The predicted octanol–water partition coefficient (Wildman–Crippen LogP) is 3.55. The Bertz CT molecular complexity index is 1600. The van der Waals surface area contributed by atoms with Gasteiger partial charge in [-0.25, -0.2) is 14.1 Å². The molecule has 1 saturated heterocycles. The summed E-state index contributed by atoms with van der Waals surface area (Å²) < 4.78 is 14.6. The molecule has 4 N–H and O–H groups in total. The van der Waals surface area contributed by atoms with Gasteiger partial charge in [0.05, 0.1) is 23.8 Å². The Labute approximate surface area is 223 Å². The Kier molecular flexibility index (Phi) is 6.39. The van der Waals surface area contributed by atoms with Crippen molar-refractivity contribution in [3.63, 3.8) is 0 Å². The van der Waals surface area contributed by atoms with E-state index in [1.54, 1.807) is 12.3 Å². The average molecular weight is 530 g/mol. The molecule has 0 spiro atoms. The summed E-state index contributed by atoms with van der Waals surface area (Å²) in [5, 5.41) is 18.4. The first-order valence-corrected chi connectivity index (χ1v) is 12.8. The average Bonchev–Trinajstić information content (AvgIpc) is 3.70. The van der Waals surface area contributed by atoms with Crippen molar-refractivity contribution in [1.29, 1.82) is 0 Å². The van der Waals surface area contributed by atoms with E-state index < -0.39 is 5.82 Å². The third-order valence-corrected chi connectivity index (χ3v) is 6.92. The molecule has 6 heterocycles. The number of H-pyrrole nitrogens is 2. The summed E-state index contributed by atoms with van der Waals surface area (Å²) in [4.78, 5) is 32.2. The van der Waals surface area contributed by atoms with Gasteiger partial charge in [-0.05, 0) is 44.4 Å². The number of rotatable bonds is 7. The summed E-state index contributed by atoms with van der Waals surface area (Å²) in [6, 6.07) is 7.24. The molecular formula is C26H28FN11O. The van der Waals surface area contributed by atoms with E-state index in [0.717, 1.165) is 28.5 Å². The Morgan fingerprint density at radius 3 is 2.72 bits per heavy atom. The van der Waals surface area contributed by atoms with Crippen LogP contribution in [-0.2, 0) is 4.79 Å². The second kappa shape index (κ2) is 10.2. The minimum absolute atomic E-state index is 0.0115. The number of nitrogens with one attached hydrogen (secondary N) is 4. The van der Waals surface area contributed by atoms with Gasteiger partial charge >= 0.3 is 0 Å². The quantitative estimate of drug-likeness (QED) is 0.250. The second-order valence-electron chi connectivity index (χ2n) is 9.72. The summed E-state index contributed by atoms with van der Waals surface area (Å²) in [6.45, 7) is 5.19. The molecule has 1 aliphatic rings. The first-order valence-electron chi connectivity index (χ1n) is 12.8. The van der Waals surface area contributed by atoms with E-state index in [0.29, 0.717) is 49.3 Å². The molecule has 13 heteroatoms. The number of aromatic amines is 2. The van der Waals surface area contributed by atoms with Gasteiger partial charge in [-0.15, -0.1) is 0 Å². The number of anilines is 3. The highest BCUT2D eigenvalue weighted by atomic mass is 19.1. The third-order valence-electron chi connectivity index (χ3n) is 6.92. The first-order chi connectivity index (χ1) is 18.9. The molecule has 1 amide bonds. The van der Waals surface area contributed by atoms with Gasteiger partial charge in [0.2, 0.25) is 11.9 Å². The van der Waals surface area contributed by atoms with E-state index in [4.69, 9.17) is 9.97 Å². The van der Waals surface area contributed by atoms with E-state index in [9.17, 15) is 9.18 Å². The topological polar surface area (TPSA) is 145 Å². The number of halogens is 1. The number of hydrogen-bond donors (Lipinski definition) is 4. The number of piperidine rings is 1. The molecule has 1 atom stereocenters. The number of carbonyl (C=O) groups excluding carboxylic acids is 1. The maximum absolute atomic E-state index is 13.2. The summed E-state index contributed by atoms with van der Waals surface area (Å²) in [5.41, 5.74) is 2.55. The lowest BCUT2D eigenvalue weighted by Crippen LogP contribution is -2.41. The van der Waals surface area contributed by atoms with Crippen LogP contribution in [0.4, 0.5) is 22.0 Å². The lowest BCUT2D eigenvalue weighted by atomic mass is 9.95. The van der Waals surface area contributed by atoms with Gasteiger partial charge < -0.3 is 20.5 Å². The van der Waals surface area contributed by atoms with Crippen LogP contribution in [0, 0.1) is 18.7 Å². The van der Waals surface area contributed by atoms with Crippen molar-refractivity contribution in [2.24, 2.45) is 5.92 Å². The fourth-order valence-corrected chi connectivity index (χ4v) is 4.74. The molecule has 0 radical (unpaired) electrons. The zero-order valence-corrected chi connectivity index (χ0v) is 21.5. The molecule has 39 heavy (non-hydrogen) atoms. The highest BCUT2D eigenvalue weighted by Gasteiger charge is 2.28. The lowest BCUT2D eigenvalue weighted by Gasteiger charge is -2.32. The van der Waals surface area contributed by atoms with Crippen LogP contribution in [0.1, 0.15) is 37.1 Å². The van der Waals surface area contributed by atoms with Crippen LogP contribution in [0.15, 0.2) is 49.1 Å². The molecule has 1 fully saturated rings. The second-order valence-corrected chi connectivity index (χ2v) is 9.72. The van der Waals surface area contributed by atoms with Crippen LogP contribution < -0.4 is 15.5 Å². The van der Waals surface area contributed by atoms with Gasteiger partial charge in [0.25, 0.3) is 0 Å². The lowest BCUT2D eigenvalue weighted by molar-refractivity contribution is -0.126. The molecule has 1 aliphatic heterocycles. The molecule has 5 aromatic rings. The number of carbonyl (C=O) groups is 1. The van der Waals surface area contributed by atoms with Crippen LogP contribution in [0.5, 0.6) is 0 Å². The number of pyridine rings is 1. The third kappa shape index (κ3) is 5.15. The number of hydrogen-bond acceptors (Lipinski definition) is 8. The van der Waals surface area contributed by atoms with E-state index >= 15 is 0 Å². The summed E-state index contributed by atoms with van der Waals surface area (Å²) in [7, 11) is 0. The molecule has 0 unspecified atom stereocenters. The van der Waals surface area contributed by atoms with Gasteiger partial charge in [-0.3, -0.25) is 9.89 Å². The molecular weight excluding hydrogens is 501 g/mol. The molecule has 6 rings (SSSR count). The minimum atomic E-state index is -0.426. The van der Waals surface area contributed by atoms with Crippen LogP contribution >= 0.6 is 0 Å². The fourth-order valence-electron chi connectivity index (χ4n) is 4.74. The maximum Gasteiger partial charge on any atom is 0.229 e. The molecule has 0 saturated carbocycles. The molecule has 0 bridgehead atoms. The summed E-state index contributed by atoms with van der Waals surface area (Å²) >= 11 is 0. The predicted molar refractivity (Wildman–Crippen MR) is 143 cm³/mol.